The molecule has 0 aliphatic rings. The zero-order valence-corrected chi connectivity index (χ0v) is 16.9. The van der Waals surface area contributed by atoms with Gasteiger partial charge in [0.15, 0.2) is 5.69 Å². The first kappa shape index (κ1) is 21.3. The van der Waals surface area contributed by atoms with Crippen molar-refractivity contribution in [2.45, 2.75) is 6.18 Å². The maximum Gasteiger partial charge on any atom is 0.435 e. The molecular weight excluding hydrogens is 455 g/mol. The number of aromatic nitrogens is 3. The van der Waals surface area contributed by atoms with Crippen molar-refractivity contribution in [3.8, 4) is 28.3 Å². The number of benzene rings is 3. The van der Waals surface area contributed by atoms with Crippen LogP contribution < -0.4 is 5.56 Å². The number of halogens is 5. The smallest absolute Gasteiger partial charge is 0.339 e. The van der Waals surface area contributed by atoms with E-state index in [2.05, 4.69) is 10.1 Å². The Hall–Kier alpha value is -4.52. The molecule has 0 saturated carbocycles. The van der Waals surface area contributed by atoms with Crippen LogP contribution in [-0.4, -0.2) is 14.6 Å². The van der Waals surface area contributed by atoms with E-state index in [0.717, 1.165) is 12.1 Å². The van der Waals surface area contributed by atoms with Gasteiger partial charge in [0.05, 0.1) is 28.1 Å². The quantitative estimate of drug-likeness (QED) is 0.340. The zero-order chi connectivity index (χ0) is 24.2. The van der Waals surface area contributed by atoms with Crippen molar-refractivity contribution in [1.82, 2.24) is 14.6 Å². The fraction of sp³-hybridized carbons (Fsp3) is 0.0417. The monoisotopic (exact) mass is 466 g/mol. The molecule has 0 unspecified atom stereocenters. The van der Waals surface area contributed by atoms with Crippen molar-refractivity contribution >= 4 is 16.6 Å². The van der Waals surface area contributed by atoms with Crippen molar-refractivity contribution < 1.29 is 22.0 Å². The second-order valence-corrected chi connectivity index (χ2v) is 7.49. The third kappa shape index (κ3) is 3.38. The van der Waals surface area contributed by atoms with Crippen molar-refractivity contribution in [3.63, 3.8) is 0 Å². The predicted octanol–water partition coefficient (Wildman–Crippen LogP) is 5.68. The summed E-state index contributed by atoms with van der Waals surface area (Å²) in [6.07, 6.45) is -5.01. The van der Waals surface area contributed by atoms with Gasteiger partial charge in [0.25, 0.3) is 5.56 Å². The normalized spacial score (nSPS) is 11.8. The van der Waals surface area contributed by atoms with Gasteiger partial charge in [0, 0.05) is 11.6 Å². The number of alkyl halides is 3. The van der Waals surface area contributed by atoms with Crippen LogP contribution in [0.25, 0.3) is 38.8 Å². The highest BCUT2D eigenvalue weighted by Gasteiger charge is 2.40. The van der Waals surface area contributed by atoms with E-state index in [4.69, 9.17) is 5.26 Å². The van der Waals surface area contributed by atoms with Gasteiger partial charge in [-0.2, -0.15) is 28.0 Å². The van der Waals surface area contributed by atoms with Crippen LogP contribution in [0.1, 0.15) is 11.3 Å². The molecule has 10 heteroatoms. The van der Waals surface area contributed by atoms with Crippen molar-refractivity contribution in [2.75, 3.05) is 0 Å². The molecule has 0 aliphatic carbocycles. The van der Waals surface area contributed by atoms with Crippen LogP contribution in [0.4, 0.5) is 22.0 Å². The Morgan fingerprint density at radius 2 is 1.65 bits per heavy atom. The number of H-pyrrole nitrogens is 1. The Morgan fingerprint density at radius 3 is 2.29 bits per heavy atom. The highest BCUT2D eigenvalue weighted by molar-refractivity contribution is 5.89. The highest BCUT2D eigenvalue weighted by atomic mass is 19.4. The van der Waals surface area contributed by atoms with Crippen LogP contribution in [0.3, 0.4) is 0 Å². The van der Waals surface area contributed by atoms with Crippen molar-refractivity contribution in [3.05, 3.63) is 93.9 Å². The average molecular weight is 466 g/mol. The van der Waals surface area contributed by atoms with E-state index < -0.39 is 40.2 Å². The van der Waals surface area contributed by atoms with Gasteiger partial charge in [0.1, 0.15) is 17.3 Å². The second kappa shape index (κ2) is 7.52. The number of nitrogens with zero attached hydrogens (tertiary/aromatic N) is 3. The number of hydrogen-bond acceptors (Lipinski definition) is 3. The molecule has 5 nitrogen and oxygen atoms in total. The van der Waals surface area contributed by atoms with E-state index in [9.17, 15) is 26.7 Å². The first-order valence-corrected chi connectivity index (χ1v) is 9.79. The summed E-state index contributed by atoms with van der Waals surface area (Å²) in [5.41, 5.74) is -1.98. The van der Waals surface area contributed by atoms with Gasteiger partial charge >= 0.3 is 6.18 Å². The summed E-state index contributed by atoms with van der Waals surface area (Å²) in [4.78, 5) is 15.8. The van der Waals surface area contributed by atoms with Crippen LogP contribution in [0.5, 0.6) is 0 Å². The summed E-state index contributed by atoms with van der Waals surface area (Å²) < 4.78 is 69.9. The van der Waals surface area contributed by atoms with E-state index in [0.29, 0.717) is 27.3 Å². The summed E-state index contributed by atoms with van der Waals surface area (Å²) >= 11 is 0. The highest BCUT2D eigenvalue weighted by Crippen LogP contribution is 2.39. The lowest BCUT2D eigenvalue weighted by Gasteiger charge is -2.08. The molecule has 1 N–H and O–H groups in total. The lowest BCUT2D eigenvalue weighted by molar-refractivity contribution is -0.140. The van der Waals surface area contributed by atoms with Crippen molar-refractivity contribution in [2.24, 2.45) is 0 Å². The number of fused-ring (bicyclic) bond motifs is 2. The Kier molecular flexibility index (Phi) is 4.72. The molecule has 2 aromatic heterocycles. The van der Waals surface area contributed by atoms with Gasteiger partial charge in [-0.25, -0.2) is 8.78 Å². The van der Waals surface area contributed by atoms with Crippen LogP contribution >= 0.6 is 0 Å². The Labute approximate surface area is 187 Å². The van der Waals surface area contributed by atoms with Crippen LogP contribution in [0.15, 0.2) is 65.5 Å². The molecule has 168 valence electrons. The number of aromatic amines is 1. The van der Waals surface area contributed by atoms with E-state index in [1.807, 2.05) is 6.07 Å². The predicted molar refractivity (Wildman–Crippen MR) is 114 cm³/mol. The summed E-state index contributed by atoms with van der Waals surface area (Å²) in [7, 11) is 0. The van der Waals surface area contributed by atoms with E-state index in [1.54, 1.807) is 36.4 Å². The molecule has 0 atom stereocenters. The maximum atomic E-state index is 14.5. The molecule has 0 radical (unpaired) electrons. The first-order valence-electron chi connectivity index (χ1n) is 9.79. The van der Waals surface area contributed by atoms with Crippen LogP contribution in [-0.2, 0) is 6.18 Å². The average Bonchev–Trinajstić information content (AvgIpc) is 3.19. The Morgan fingerprint density at radius 1 is 0.941 bits per heavy atom. The molecule has 5 rings (SSSR count). The van der Waals surface area contributed by atoms with Crippen molar-refractivity contribution in [1.29, 1.82) is 5.26 Å². The Balaban J connectivity index is 1.82. The molecule has 0 bridgehead atoms. The molecule has 0 saturated heterocycles. The van der Waals surface area contributed by atoms with Crippen LogP contribution in [0, 0.1) is 23.0 Å². The lowest BCUT2D eigenvalue weighted by Crippen LogP contribution is -2.16. The summed E-state index contributed by atoms with van der Waals surface area (Å²) in [6.45, 7) is 0. The first-order chi connectivity index (χ1) is 16.2. The standard InChI is InChI=1S/C24H11F5N4O/c25-15-6-8-16(18(26)10-15)20-21(24(27,28)29)32-33-22(20)31-19-9-14(5-7-17(19)23(33)34)13-3-1-12(11-30)2-4-13/h1-10,31H. The van der Waals surface area contributed by atoms with Gasteiger partial charge in [-0.3, -0.25) is 4.79 Å². The SMILES string of the molecule is N#Cc1ccc(-c2ccc3c(=O)n4nc(C(F)(F)F)c(-c5ccc(F)cc5F)c4[nH]c3c2)cc1. The lowest BCUT2D eigenvalue weighted by atomic mass is 10.0. The van der Waals surface area contributed by atoms with Gasteiger partial charge in [-0.05, 0) is 47.5 Å². The van der Waals surface area contributed by atoms with Gasteiger partial charge < -0.3 is 4.98 Å². The minimum Gasteiger partial charge on any atom is -0.339 e. The molecule has 2 heterocycles. The van der Waals surface area contributed by atoms with E-state index in [1.165, 1.54) is 6.07 Å². The van der Waals surface area contributed by atoms with Gasteiger partial charge in [0.2, 0.25) is 0 Å². The fourth-order valence-corrected chi connectivity index (χ4v) is 3.82. The zero-order valence-electron chi connectivity index (χ0n) is 16.9. The molecule has 0 aliphatic heterocycles. The molecule has 3 aromatic carbocycles. The molecule has 0 spiro atoms. The molecule has 0 amide bonds. The number of hydrogen-bond donors (Lipinski definition) is 1. The largest absolute Gasteiger partial charge is 0.435 e. The van der Waals surface area contributed by atoms with E-state index >= 15 is 0 Å². The topological polar surface area (TPSA) is 73.9 Å². The van der Waals surface area contributed by atoms with Crippen LogP contribution in [0.2, 0.25) is 0 Å². The minimum absolute atomic E-state index is 0.0623. The summed E-state index contributed by atoms with van der Waals surface area (Å²) in [6, 6.07) is 15.4. The number of rotatable bonds is 2. The van der Waals surface area contributed by atoms with Gasteiger partial charge in [-0.15, -0.1) is 0 Å². The maximum absolute atomic E-state index is 14.5. The number of nitriles is 1. The third-order valence-electron chi connectivity index (χ3n) is 5.40. The van der Waals surface area contributed by atoms with Gasteiger partial charge in [-0.1, -0.05) is 18.2 Å². The fourth-order valence-electron chi connectivity index (χ4n) is 3.82. The molecule has 34 heavy (non-hydrogen) atoms. The van der Waals surface area contributed by atoms with E-state index in [-0.39, 0.29) is 16.6 Å². The molecular formula is C24H11F5N4O. The minimum atomic E-state index is -5.01. The molecule has 5 aromatic rings. The number of nitrogens with one attached hydrogen (secondary N) is 1. The summed E-state index contributed by atoms with van der Waals surface area (Å²) in [5.74, 6) is -2.19. The Bertz CT molecular complexity index is 1690. The second-order valence-electron chi connectivity index (χ2n) is 7.49. The third-order valence-corrected chi connectivity index (χ3v) is 5.40. The summed E-state index contributed by atoms with van der Waals surface area (Å²) in [5, 5.41) is 12.5. The molecule has 0 fully saturated rings.